The molecule has 23 heavy (non-hydrogen) atoms. The molecule has 2 amide bonds. The highest BCUT2D eigenvalue weighted by Gasteiger charge is 2.25. The fourth-order valence-electron chi connectivity index (χ4n) is 1.43. The van der Waals surface area contributed by atoms with Crippen molar-refractivity contribution in [2.45, 2.75) is 45.7 Å². The van der Waals surface area contributed by atoms with Gasteiger partial charge in [0.2, 0.25) is 11.8 Å². The Morgan fingerprint density at radius 1 is 1.22 bits per heavy atom. The van der Waals surface area contributed by atoms with E-state index in [1.807, 2.05) is 0 Å². The van der Waals surface area contributed by atoms with E-state index >= 15 is 0 Å². The van der Waals surface area contributed by atoms with Crippen molar-refractivity contribution in [1.82, 2.24) is 10.6 Å². The number of carbonyl (C=O) groups is 4. The molecule has 0 radical (unpaired) electrons. The highest BCUT2D eigenvalue weighted by atomic mass is 32.1. The summed E-state index contributed by atoms with van der Waals surface area (Å²) >= 11 is 4.00. The van der Waals surface area contributed by atoms with Crippen molar-refractivity contribution in [2.75, 3.05) is 12.3 Å². The van der Waals surface area contributed by atoms with Crippen molar-refractivity contribution in [2.24, 2.45) is 11.1 Å². The van der Waals surface area contributed by atoms with Crippen molar-refractivity contribution in [3.05, 3.63) is 0 Å². The molecule has 0 aliphatic heterocycles. The van der Waals surface area contributed by atoms with Gasteiger partial charge in [0.25, 0.3) is 0 Å². The second-order valence-corrected chi connectivity index (χ2v) is 6.57. The molecule has 8 nitrogen and oxygen atoms in total. The molecule has 0 saturated heterocycles. The van der Waals surface area contributed by atoms with Crippen LogP contribution in [-0.4, -0.2) is 53.1 Å². The molecule has 6 N–H and O–H groups in total. The number of carbonyl (C=O) groups excluding carboxylic acids is 4. The molecular formula is C14H26N3O5S+. The normalized spacial score (nSPS) is 13.8. The number of rotatable bonds is 9. The van der Waals surface area contributed by atoms with Gasteiger partial charge in [-0.25, -0.2) is 0 Å². The first-order valence-electron chi connectivity index (χ1n) is 7.21. The second-order valence-electron chi connectivity index (χ2n) is 6.20. The summed E-state index contributed by atoms with van der Waals surface area (Å²) in [5.74, 6) is -1.99. The van der Waals surface area contributed by atoms with Gasteiger partial charge in [-0.3, -0.25) is 14.4 Å². The molecule has 0 aromatic carbocycles. The SMILES string of the molecule is CC(C)(C)C(=O)CNC(=O)C(CS)NC(=O)CCC(N)C(=O)[OH2+]. The molecule has 0 aromatic heterocycles. The Morgan fingerprint density at radius 3 is 2.22 bits per heavy atom. The summed E-state index contributed by atoms with van der Waals surface area (Å²) in [6, 6.07) is -1.91. The minimum atomic E-state index is -1.02. The first-order valence-corrected chi connectivity index (χ1v) is 7.84. The summed E-state index contributed by atoms with van der Waals surface area (Å²) < 4.78 is 0. The van der Waals surface area contributed by atoms with E-state index in [4.69, 9.17) is 10.8 Å². The van der Waals surface area contributed by atoms with Gasteiger partial charge in [0.05, 0.1) is 6.54 Å². The summed E-state index contributed by atoms with van der Waals surface area (Å²) in [6.07, 6.45) is -0.0537. The van der Waals surface area contributed by atoms with Gasteiger partial charge in [-0.1, -0.05) is 20.8 Å². The third-order valence-electron chi connectivity index (χ3n) is 3.11. The number of nitrogens with two attached hydrogens (primary N) is 1. The van der Waals surface area contributed by atoms with Gasteiger partial charge in [0.1, 0.15) is 6.04 Å². The minimum absolute atomic E-state index is 0.0254. The predicted octanol–water partition coefficient (Wildman–Crippen LogP) is -1.51. The van der Waals surface area contributed by atoms with Gasteiger partial charge >= 0.3 is 5.97 Å². The standard InChI is InChI=1S/C14H25N3O5S/c1-14(2,3)10(18)6-16-12(20)9(7-23)17-11(19)5-4-8(15)13(21)22/h8-9,23H,4-7,15H2,1-3H3,(H,16,20)(H,17,19)(H,21,22)/p+1. The molecule has 0 heterocycles. The molecular weight excluding hydrogens is 322 g/mol. The first kappa shape index (κ1) is 21.4. The van der Waals surface area contributed by atoms with Gasteiger partial charge in [-0.2, -0.15) is 12.6 Å². The molecule has 0 aliphatic rings. The molecule has 0 fully saturated rings. The number of nitrogens with one attached hydrogen (secondary N) is 2. The lowest BCUT2D eigenvalue weighted by atomic mass is 9.91. The third-order valence-corrected chi connectivity index (χ3v) is 3.48. The topological polar surface area (TPSA) is 141 Å². The van der Waals surface area contributed by atoms with Crippen molar-refractivity contribution >= 4 is 36.2 Å². The molecule has 0 aromatic rings. The van der Waals surface area contributed by atoms with E-state index in [2.05, 4.69) is 23.3 Å². The van der Waals surface area contributed by atoms with Crippen LogP contribution < -0.4 is 16.4 Å². The van der Waals surface area contributed by atoms with E-state index < -0.39 is 35.3 Å². The monoisotopic (exact) mass is 348 g/mol. The number of ketones is 1. The zero-order valence-corrected chi connectivity index (χ0v) is 14.5. The third kappa shape index (κ3) is 8.56. The molecule has 0 bridgehead atoms. The number of thiol groups is 1. The summed E-state index contributed by atoms with van der Waals surface area (Å²) in [5.41, 5.74) is 4.80. The first-order chi connectivity index (χ1) is 10.5. The highest BCUT2D eigenvalue weighted by Crippen LogP contribution is 2.13. The van der Waals surface area contributed by atoms with Gasteiger partial charge < -0.3 is 21.5 Å². The summed E-state index contributed by atoms with van der Waals surface area (Å²) in [6.45, 7) is 5.11. The molecule has 0 spiro atoms. The molecule has 132 valence electrons. The van der Waals surface area contributed by atoms with Crippen molar-refractivity contribution in [1.29, 1.82) is 0 Å². The average Bonchev–Trinajstić information content (AvgIpc) is 2.45. The Kier molecular flexibility index (Phi) is 8.85. The van der Waals surface area contributed by atoms with Crippen molar-refractivity contribution < 1.29 is 24.3 Å². The summed E-state index contributed by atoms with van der Waals surface area (Å²) in [7, 11) is 0. The quantitative estimate of drug-likeness (QED) is 0.296. The average molecular weight is 348 g/mol. The lowest BCUT2D eigenvalue weighted by Gasteiger charge is -2.19. The van der Waals surface area contributed by atoms with Gasteiger partial charge in [0.15, 0.2) is 11.8 Å². The number of hydrogen-bond donors (Lipinski definition) is 4. The van der Waals surface area contributed by atoms with Crippen LogP contribution in [0.2, 0.25) is 0 Å². The Labute approximate surface area is 141 Å². The molecule has 0 aliphatic carbocycles. The molecule has 0 rings (SSSR count). The maximum atomic E-state index is 12.0. The second kappa shape index (κ2) is 9.51. The number of amides is 2. The highest BCUT2D eigenvalue weighted by molar-refractivity contribution is 7.80. The summed E-state index contributed by atoms with van der Waals surface area (Å²) in [4.78, 5) is 46.1. The molecule has 2 unspecified atom stereocenters. The smallest absolute Gasteiger partial charge is 0.532 e. The van der Waals surface area contributed by atoms with Gasteiger partial charge in [-0.15, -0.1) is 0 Å². The fourth-order valence-corrected chi connectivity index (χ4v) is 1.69. The van der Waals surface area contributed by atoms with Gasteiger partial charge in [-0.05, 0) is 6.42 Å². The van der Waals surface area contributed by atoms with Crippen LogP contribution in [0.3, 0.4) is 0 Å². The van der Waals surface area contributed by atoms with E-state index in [0.29, 0.717) is 0 Å². The van der Waals surface area contributed by atoms with Crippen molar-refractivity contribution in [3.8, 4) is 0 Å². The van der Waals surface area contributed by atoms with Crippen LogP contribution >= 0.6 is 12.6 Å². The largest absolute Gasteiger partial charge is 0.564 e. The van der Waals surface area contributed by atoms with Crippen LogP contribution in [0.5, 0.6) is 0 Å². The number of hydrogen-bond acceptors (Lipinski definition) is 6. The zero-order valence-electron chi connectivity index (χ0n) is 13.6. The Morgan fingerprint density at radius 2 is 1.78 bits per heavy atom. The van der Waals surface area contributed by atoms with Gasteiger partial charge in [0, 0.05) is 22.4 Å². The summed E-state index contributed by atoms with van der Waals surface area (Å²) in [5, 5.41) is 11.7. The van der Waals surface area contributed by atoms with Crippen molar-refractivity contribution in [3.63, 3.8) is 0 Å². The Bertz CT molecular complexity index is 462. The van der Waals surface area contributed by atoms with E-state index in [1.165, 1.54) is 0 Å². The lowest BCUT2D eigenvalue weighted by molar-refractivity contribution is -0.138. The minimum Gasteiger partial charge on any atom is -0.564 e. The van der Waals surface area contributed by atoms with Crippen LogP contribution in [0.4, 0.5) is 0 Å². The van der Waals surface area contributed by atoms with E-state index in [9.17, 15) is 19.2 Å². The lowest BCUT2D eigenvalue weighted by Crippen LogP contribution is -2.50. The molecule has 9 heteroatoms. The van der Waals surface area contributed by atoms with Crippen LogP contribution in [-0.2, 0) is 19.2 Å². The van der Waals surface area contributed by atoms with E-state index in [1.54, 1.807) is 20.8 Å². The molecule has 2 atom stereocenters. The molecule has 0 saturated carbocycles. The van der Waals surface area contributed by atoms with Crippen LogP contribution in [0.15, 0.2) is 0 Å². The van der Waals surface area contributed by atoms with Crippen LogP contribution in [0, 0.1) is 5.41 Å². The Balaban J connectivity index is 4.37. The maximum absolute atomic E-state index is 12.0. The fraction of sp³-hybridized carbons (Fsp3) is 0.714. The van der Waals surface area contributed by atoms with Crippen LogP contribution in [0.25, 0.3) is 0 Å². The zero-order chi connectivity index (χ0) is 18.2. The Hall–Kier alpha value is -1.61. The predicted molar refractivity (Wildman–Crippen MR) is 89.1 cm³/mol. The van der Waals surface area contributed by atoms with E-state index in [-0.39, 0.29) is 30.9 Å². The van der Waals surface area contributed by atoms with Crippen LogP contribution in [0.1, 0.15) is 33.6 Å². The number of Topliss-reactive ketones (excluding diaryl/α,β-unsaturated/α-hetero) is 1. The van der Waals surface area contributed by atoms with E-state index in [0.717, 1.165) is 0 Å². The maximum Gasteiger partial charge on any atom is 0.532 e.